The van der Waals surface area contributed by atoms with Crippen LogP contribution in [-0.4, -0.2) is 28.1 Å². The van der Waals surface area contributed by atoms with Crippen LogP contribution in [0.5, 0.6) is 0 Å². The Morgan fingerprint density at radius 3 is 2.76 bits per heavy atom. The number of amides is 1. The van der Waals surface area contributed by atoms with E-state index in [1.807, 2.05) is 30.3 Å². The van der Waals surface area contributed by atoms with Gasteiger partial charge in [-0.25, -0.2) is 9.97 Å². The van der Waals surface area contributed by atoms with E-state index in [0.29, 0.717) is 18.2 Å². The predicted molar refractivity (Wildman–Crippen MR) is 96.0 cm³/mol. The quantitative estimate of drug-likeness (QED) is 0.925. The lowest BCUT2D eigenvalue weighted by Gasteiger charge is -2.37. The van der Waals surface area contributed by atoms with Crippen molar-refractivity contribution in [2.45, 2.75) is 44.1 Å². The van der Waals surface area contributed by atoms with Crippen LogP contribution in [0.2, 0.25) is 0 Å². The molecule has 1 unspecified atom stereocenters. The van der Waals surface area contributed by atoms with Crippen LogP contribution >= 0.6 is 0 Å². The summed E-state index contributed by atoms with van der Waals surface area (Å²) < 4.78 is 6.03. The lowest BCUT2D eigenvalue weighted by molar-refractivity contribution is -0.133. The summed E-state index contributed by atoms with van der Waals surface area (Å²) in [4.78, 5) is 21.5. The zero-order chi connectivity index (χ0) is 17.1. The number of anilines is 1. The number of nitrogens with zero attached hydrogens (tertiary/aromatic N) is 2. The van der Waals surface area contributed by atoms with Gasteiger partial charge < -0.3 is 10.1 Å². The fourth-order valence-corrected chi connectivity index (χ4v) is 4.00. The molecular weight excluding hydrogens is 314 g/mol. The van der Waals surface area contributed by atoms with E-state index in [1.165, 1.54) is 12.8 Å². The molecule has 1 N–H and O–H groups in total. The van der Waals surface area contributed by atoms with E-state index in [-0.39, 0.29) is 17.4 Å². The monoisotopic (exact) mass is 337 g/mol. The highest BCUT2D eigenvalue weighted by atomic mass is 16.5. The molecule has 1 saturated carbocycles. The molecule has 1 aliphatic carbocycles. The molecule has 1 aromatic carbocycles. The molecule has 1 amide bonds. The van der Waals surface area contributed by atoms with Gasteiger partial charge in [0.1, 0.15) is 5.82 Å². The average molecular weight is 337 g/mol. The van der Waals surface area contributed by atoms with E-state index in [2.05, 4.69) is 15.3 Å². The molecular formula is C20H23N3O2. The standard InChI is InChI=1S/C20H23N3O2/c24-19(16-9-13-25-20(14-16)10-4-5-11-20)23-17-8-12-21-18(22-17)15-6-2-1-3-7-15/h1-3,6-8,12,16H,4-5,9-11,13-14H2,(H,21,22,23,24). The molecule has 1 spiro atoms. The van der Waals surface area contributed by atoms with Gasteiger partial charge in [0.15, 0.2) is 5.82 Å². The van der Waals surface area contributed by atoms with E-state index >= 15 is 0 Å². The molecule has 1 aliphatic heterocycles. The Morgan fingerprint density at radius 2 is 1.96 bits per heavy atom. The largest absolute Gasteiger partial charge is 0.375 e. The fourth-order valence-electron chi connectivity index (χ4n) is 4.00. The Hall–Kier alpha value is -2.27. The first-order chi connectivity index (χ1) is 12.2. The van der Waals surface area contributed by atoms with Gasteiger partial charge in [0, 0.05) is 24.3 Å². The Kier molecular flexibility index (Phi) is 4.49. The van der Waals surface area contributed by atoms with E-state index in [9.17, 15) is 4.79 Å². The van der Waals surface area contributed by atoms with Gasteiger partial charge in [-0.3, -0.25) is 4.79 Å². The van der Waals surface area contributed by atoms with Gasteiger partial charge >= 0.3 is 0 Å². The van der Waals surface area contributed by atoms with E-state index in [0.717, 1.165) is 31.2 Å². The van der Waals surface area contributed by atoms with Crippen molar-refractivity contribution in [1.82, 2.24) is 9.97 Å². The molecule has 5 nitrogen and oxygen atoms in total. The van der Waals surface area contributed by atoms with Crippen LogP contribution in [-0.2, 0) is 9.53 Å². The third-order valence-corrected chi connectivity index (χ3v) is 5.32. The summed E-state index contributed by atoms with van der Waals surface area (Å²) >= 11 is 0. The molecule has 4 rings (SSSR count). The molecule has 1 saturated heterocycles. The smallest absolute Gasteiger partial charge is 0.228 e. The van der Waals surface area contributed by atoms with Gasteiger partial charge in [-0.1, -0.05) is 43.2 Å². The van der Waals surface area contributed by atoms with Crippen molar-refractivity contribution in [3.63, 3.8) is 0 Å². The SMILES string of the molecule is O=C(Nc1ccnc(-c2ccccc2)n1)C1CCOC2(CCCC2)C1. The topological polar surface area (TPSA) is 64.1 Å². The summed E-state index contributed by atoms with van der Waals surface area (Å²) in [6, 6.07) is 11.5. The number of ether oxygens (including phenoxy) is 1. The summed E-state index contributed by atoms with van der Waals surface area (Å²) in [7, 11) is 0. The molecule has 2 heterocycles. The number of hydrogen-bond donors (Lipinski definition) is 1. The molecule has 130 valence electrons. The fraction of sp³-hybridized carbons (Fsp3) is 0.450. The molecule has 25 heavy (non-hydrogen) atoms. The second-order valence-corrected chi connectivity index (χ2v) is 7.05. The number of rotatable bonds is 3. The highest BCUT2D eigenvalue weighted by Gasteiger charge is 2.41. The molecule has 5 heteroatoms. The summed E-state index contributed by atoms with van der Waals surface area (Å²) in [6.45, 7) is 0.678. The minimum Gasteiger partial charge on any atom is -0.375 e. The Balaban J connectivity index is 1.46. The molecule has 1 aromatic heterocycles. The highest BCUT2D eigenvalue weighted by Crippen LogP contribution is 2.42. The van der Waals surface area contributed by atoms with Gasteiger partial charge in [-0.05, 0) is 31.7 Å². The first-order valence-electron chi connectivity index (χ1n) is 9.07. The summed E-state index contributed by atoms with van der Waals surface area (Å²) in [5.74, 6) is 1.23. The lowest BCUT2D eigenvalue weighted by atomic mass is 9.84. The van der Waals surface area contributed by atoms with Gasteiger partial charge in [0.25, 0.3) is 0 Å². The van der Waals surface area contributed by atoms with Crippen LogP contribution in [0.25, 0.3) is 11.4 Å². The van der Waals surface area contributed by atoms with Crippen LogP contribution in [0.15, 0.2) is 42.6 Å². The van der Waals surface area contributed by atoms with Crippen LogP contribution in [0, 0.1) is 5.92 Å². The maximum Gasteiger partial charge on any atom is 0.228 e. The summed E-state index contributed by atoms with van der Waals surface area (Å²) in [6.07, 6.45) is 7.89. The third-order valence-electron chi connectivity index (χ3n) is 5.32. The van der Waals surface area contributed by atoms with Crippen molar-refractivity contribution < 1.29 is 9.53 Å². The predicted octanol–water partition coefficient (Wildman–Crippen LogP) is 3.82. The van der Waals surface area contributed by atoms with E-state index in [1.54, 1.807) is 12.3 Å². The molecule has 2 aromatic rings. The minimum absolute atomic E-state index is 0.00184. The van der Waals surface area contributed by atoms with Crippen molar-refractivity contribution in [1.29, 1.82) is 0 Å². The zero-order valence-corrected chi connectivity index (χ0v) is 14.3. The molecule has 0 radical (unpaired) electrons. The van der Waals surface area contributed by atoms with Gasteiger partial charge in [0.05, 0.1) is 5.60 Å². The van der Waals surface area contributed by atoms with Crippen molar-refractivity contribution in [3.8, 4) is 11.4 Å². The number of hydrogen-bond acceptors (Lipinski definition) is 4. The van der Waals surface area contributed by atoms with Crippen LogP contribution in [0.3, 0.4) is 0 Å². The number of nitrogens with one attached hydrogen (secondary N) is 1. The zero-order valence-electron chi connectivity index (χ0n) is 14.3. The van der Waals surface area contributed by atoms with Crippen LogP contribution < -0.4 is 5.32 Å². The summed E-state index contributed by atoms with van der Waals surface area (Å²) in [5, 5.41) is 2.98. The van der Waals surface area contributed by atoms with E-state index < -0.39 is 0 Å². The number of carbonyl (C=O) groups is 1. The Bertz CT molecular complexity index is 742. The molecule has 2 fully saturated rings. The molecule has 2 aliphatic rings. The van der Waals surface area contributed by atoms with E-state index in [4.69, 9.17) is 4.74 Å². The minimum atomic E-state index is -0.0544. The second kappa shape index (κ2) is 6.92. The van der Waals surface area contributed by atoms with Gasteiger partial charge in [-0.2, -0.15) is 0 Å². The van der Waals surface area contributed by atoms with Gasteiger partial charge in [0.2, 0.25) is 5.91 Å². The maximum atomic E-state index is 12.7. The Labute approximate surface area is 147 Å². The first-order valence-corrected chi connectivity index (χ1v) is 9.07. The van der Waals surface area contributed by atoms with Crippen molar-refractivity contribution in [2.75, 3.05) is 11.9 Å². The number of carbonyl (C=O) groups excluding carboxylic acids is 1. The number of benzene rings is 1. The van der Waals surface area contributed by atoms with Crippen LogP contribution in [0.4, 0.5) is 5.82 Å². The first kappa shape index (κ1) is 16.2. The Morgan fingerprint density at radius 1 is 1.16 bits per heavy atom. The normalized spacial score (nSPS) is 22.0. The maximum absolute atomic E-state index is 12.7. The molecule has 0 bridgehead atoms. The second-order valence-electron chi connectivity index (χ2n) is 7.05. The van der Waals surface area contributed by atoms with Crippen molar-refractivity contribution in [2.24, 2.45) is 5.92 Å². The summed E-state index contributed by atoms with van der Waals surface area (Å²) in [5.41, 5.74) is 0.885. The van der Waals surface area contributed by atoms with Crippen LogP contribution in [0.1, 0.15) is 38.5 Å². The lowest BCUT2D eigenvalue weighted by Crippen LogP contribution is -2.41. The third kappa shape index (κ3) is 3.56. The van der Waals surface area contributed by atoms with Gasteiger partial charge in [-0.15, -0.1) is 0 Å². The number of aromatic nitrogens is 2. The van der Waals surface area contributed by atoms with Crippen molar-refractivity contribution in [3.05, 3.63) is 42.6 Å². The highest BCUT2D eigenvalue weighted by molar-refractivity contribution is 5.92. The van der Waals surface area contributed by atoms with Crippen molar-refractivity contribution >= 4 is 11.7 Å². The average Bonchev–Trinajstić information content (AvgIpc) is 3.10. The molecule has 1 atom stereocenters.